The molecule has 1 aliphatic rings. The van der Waals surface area contributed by atoms with Gasteiger partial charge >= 0.3 is 0 Å². The van der Waals surface area contributed by atoms with Crippen molar-refractivity contribution in [3.8, 4) is 6.07 Å². The molecule has 0 bridgehead atoms. The van der Waals surface area contributed by atoms with E-state index in [1.54, 1.807) is 19.3 Å². The number of carbonyl (C=O) groups is 1. The van der Waals surface area contributed by atoms with Crippen molar-refractivity contribution in [3.05, 3.63) is 63.8 Å². The number of aromatic amines is 1. The largest absolute Gasteiger partial charge is 0.364 e. The Labute approximate surface area is 192 Å². The van der Waals surface area contributed by atoms with Crippen LogP contribution in [-0.4, -0.2) is 58.5 Å². The van der Waals surface area contributed by atoms with Crippen LogP contribution < -0.4 is 15.8 Å². The van der Waals surface area contributed by atoms with E-state index in [9.17, 15) is 14.9 Å². The SMILES string of the molecule is CCc1cc2ncc(CN3CCN(c4ccc(C(=O)NC)nc4)[C@@H](CC#N)C3)cc2[nH]c1=O. The molecule has 4 heterocycles. The van der Waals surface area contributed by atoms with E-state index >= 15 is 0 Å². The standard InChI is InChI=1S/C24H27N7O2/c1-3-17-11-21-22(29-23(17)32)10-16(12-27-21)14-30-8-9-31(19(15-30)6-7-25)18-4-5-20(28-13-18)24(33)26-2/h4-5,10-13,19H,3,6,8-9,14-15H2,1-2H3,(H,26,33)(H,29,32)/t19-/m0/s1. The van der Waals surface area contributed by atoms with Gasteiger partial charge in [0.15, 0.2) is 0 Å². The van der Waals surface area contributed by atoms with Crippen molar-refractivity contribution in [2.75, 3.05) is 31.6 Å². The first kappa shape index (κ1) is 22.4. The molecule has 3 aromatic heterocycles. The monoisotopic (exact) mass is 445 g/mol. The van der Waals surface area contributed by atoms with E-state index in [4.69, 9.17) is 0 Å². The zero-order valence-corrected chi connectivity index (χ0v) is 18.8. The first-order chi connectivity index (χ1) is 16.0. The molecule has 1 saturated heterocycles. The van der Waals surface area contributed by atoms with Crippen LogP contribution in [0.25, 0.3) is 11.0 Å². The van der Waals surface area contributed by atoms with Crippen molar-refractivity contribution in [1.82, 2.24) is 25.2 Å². The van der Waals surface area contributed by atoms with Crippen LogP contribution in [0.5, 0.6) is 0 Å². The highest BCUT2D eigenvalue weighted by atomic mass is 16.1. The van der Waals surface area contributed by atoms with Gasteiger partial charge in [-0.15, -0.1) is 0 Å². The molecule has 1 atom stereocenters. The summed E-state index contributed by atoms with van der Waals surface area (Å²) in [4.78, 5) is 40.2. The number of hydrogen-bond acceptors (Lipinski definition) is 7. The minimum atomic E-state index is -0.226. The van der Waals surface area contributed by atoms with Gasteiger partial charge in [0, 0.05) is 45.0 Å². The minimum absolute atomic E-state index is 0.0109. The fourth-order valence-corrected chi connectivity index (χ4v) is 4.28. The topological polar surface area (TPSA) is 118 Å². The van der Waals surface area contributed by atoms with Gasteiger partial charge in [-0.25, -0.2) is 4.98 Å². The summed E-state index contributed by atoms with van der Waals surface area (Å²) in [6.45, 7) is 4.90. The van der Waals surface area contributed by atoms with Crippen molar-refractivity contribution in [3.63, 3.8) is 0 Å². The average molecular weight is 446 g/mol. The van der Waals surface area contributed by atoms with E-state index in [1.165, 1.54) is 0 Å². The van der Waals surface area contributed by atoms with Crippen LogP contribution in [0.3, 0.4) is 0 Å². The van der Waals surface area contributed by atoms with E-state index in [1.807, 2.05) is 31.3 Å². The number of H-pyrrole nitrogens is 1. The zero-order chi connectivity index (χ0) is 23.4. The van der Waals surface area contributed by atoms with Crippen molar-refractivity contribution in [2.45, 2.75) is 32.4 Å². The lowest BCUT2D eigenvalue weighted by Crippen LogP contribution is -2.52. The second-order valence-corrected chi connectivity index (χ2v) is 8.18. The highest BCUT2D eigenvalue weighted by Gasteiger charge is 2.27. The van der Waals surface area contributed by atoms with E-state index in [-0.39, 0.29) is 17.5 Å². The maximum Gasteiger partial charge on any atom is 0.269 e. The summed E-state index contributed by atoms with van der Waals surface area (Å²) in [5, 5.41) is 12.0. The number of fused-ring (bicyclic) bond motifs is 1. The molecule has 2 N–H and O–H groups in total. The molecular formula is C24H27N7O2. The number of rotatable bonds is 6. The number of nitrogens with one attached hydrogen (secondary N) is 2. The molecule has 0 saturated carbocycles. The van der Waals surface area contributed by atoms with Gasteiger partial charge in [0.25, 0.3) is 11.5 Å². The second kappa shape index (κ2) is 9.79. The molecule has 170 valence electrons. The van der Waals surface area contributed by atoms with Gasteiger partial charge in [0.1, 0.15) is 5.69 Å². The molecule has 1 aliphatic heterocycles. The van der Waals surface area contributed by atoms with Gasteiger partial charge in [-0.3, -0.25) is 19.5 Å². The summed E-state index contributed by atoms with van der Waals surface area (Å²) in [5.74, 6) is -0.226. The third kappa shape index (κ3) is 4.86. The van der Waals surface area contributed by atoms with Gasteiger partial charge in [-0.2, -0.15) is 5.26 Å². The number of aryl methyl sites for hydroxylation is 1. The van der Waals surface area contributed by atoms with Crippen molar-refractivity contribution >= 4 is 22.6 Å². The first-order valence-electron chi connectivity index (χ1n) is 11.1. The fraction of sp³-hybridized carbons (Fsp3) is 0.375. The number of aromatic nitrogens is 3. The predicted octanol–water partition coefficient (Wildman–Crippen LogP) is 1.84. The second-order valence-electron chi connectivity index (χ2n) is 8.18. The molecule has 0 aliphatic carbocycles. The summed E-state index contributed by atoms with van der Waals surface area (Å²) in [7, 11) is 1.57. The Hall–Kier alpha value is -3.77. The maximum atomic E-state index is 12.2. The molecule has 0 spiro atoms. The first-order valence-corrected chi connectivity index (χ1v) is 11.1. The van der Waals surface area contributed by atoms with Crippen LogP contribution in [0.15, 0.2) is 41.5 Å². The van der Waals surface area contributed by atoms with Crippen molar-refractivity contribution in [1.29, 1.82) is 5.26 Å². The lowest BCUT2D eigenvalue weighted by Gasteiger charge is -2.42. The fourth-order valence-electron chi connectivity index (χ4n) is 4.28. The lowest BCUT2D eigenvalue weighted by molar-refractivity contribution is 0.0958. The quantitative estimate of drug-likeness (QED) is 0.594. The van der Waals surface area contributed by atoms with Gasteiger partial charge < -0.3 is 15.2 Å². The zero-order valence-electron chi connectivity index (χ0n) is 18.8. The van der Waals surface area contributed by atoms with Crippen molar-refractivity contribution in [2.24, 2.45) is 0 Å². The third-order valence-electron chi connectivity index (χ3n) is 6.05. The summed E-state index contributed by atoms with van der Waals surface area (Å²) < 4.78 is 0. The number of pyridine rings is 3. The number of hydrogen-bond donors (Lipinski definition) is 2. The van der Waals surface area contributed by atoms with E-state index < -0.39 is 0 Å². The number of carbonyl (C=O) groups excluding carboxylic acids is 1. The Morgan fingerprint density at radius 2 is 2.12 bits per heavy atom. The molecular weight excluding hydrogens is 418 g/mol. The molecule has 0 unspecified atom stereocenters. The van der Waals surface area contributed by atoms with Crippen LogP contribution in [0.1, 0.15) is 35.0 Å². The smallest absolute Gasteiger partial charge is 0.269 e. The highest BCUT2D eigenvalue weighted by Crippen LogP contribution is 2.23. The van der Waals surface area contributed by atoms with Crippen LogP contribution in [0.2, 0.25) is 0 Å². The maximum absolute atomic E-state index is 12.2. The Morgan fingerprint density at radius 3 is 2.82 bits per heavy atom. The minimum Gasteiger partial charge on any atom is -0.364 e. The average Bonchev–Trinajstić information content (AvgIpc) is 2.83. The van der Waals surface area contributed by atoms with Gasteiger partial charge in [-0.1, -0.05) is 6.92 Å². The Balaban J connectivity index is 1.48. The predicted molar refractivity (Wildman–Crippen MR) is 126 cm³/mol. The number of nitriles is 1. The highest BCUT2D eigenvalue weighted by molar-refractivity contribution is 5.92. The lowest BCUT2D eigenvalue weighted by atomic mass is 10.1. The Bertz CT molecular complexity index is 1250. The van der Waals surface area contributed by atoms with Crippen LogP contribution >= 0.6 is 0 Å². The van der Waals surface area contributed by atoms with E-state index in [0.717, 1.165) is 40.9 Å². The van der Waals surface area contributed by atoms with E-state index in [2.05, 4.69) is 36.1 Å². The number of amides is 1. The van der Waals surface area contributed by atoms with Crippen LogP contribution in [-0.2, 0) is 13.0 Å². The summed E-state index contributed by atoms with van der Waals surface area (Å²) in [5.41, 5.74) is 4.48. The van der Waals surface area contributed by atoms with Gasteiger partial charge in [0.05, 0.1) is 41.4 Å². The normalized spacial score (nSPS) is 16.5. The molecule has 0 radical (unpaired) electrons. The summed E-state index contributed by atoms with van der Waals surface area (Å²) in [6, 6.07) is 9.72. The Morgan fingerprint density at radius 1 is 1.27 bits per heavy atom. The van der Waals surface area contributed by atoms with Crippen molar-refractivity contribution < 1.29 is 4.79 Å². The third-order valence-corrected chi connectivity index (χ3v) is 6.05. The van der Waals surface area contributed by atoms with Crippen LogP contribution in [0, 0.1) is 11.3 Å². The van der Waals surface area contributed by atoms with Gasteiger partial charge in [-0.05, 0) is 36.2 Å². The van der Waals surface area contributed by atoms with E-state index in [0.29, 0.717) is 31.6 Å². The molecule has 9 heteroatoms. The number of nitrogens with zero attached hydrogens (tertiary/aromatic N) is 5. The summed E-state index contributed by atoms with van der Waals surface area (Å²) in [6.07, 6.45) is 4.60. The summed E-state index contributed by atoms with van der Waals surface area (Å²) >= 11 is 0. The number of anilines is 1. The Kier molecular flexibility index (Phi) is 6.66. The molecule has 1 fully saturated rings. The molecule has 9 nitrogen and oxygen atoms in total. The van der Waals surface area contributed by atoms with Crippen LogP contribution in [0.4, 0.5) is 5.69 Å². The molecule has 1 amide bonds. The molecule has 4 rings (SSSR count). The molecule has 33 heavy (non-hydrogen) atoms. The molecule has 0 aromatic carbocycles. The number of piperazine rings is 1. The molecule has 3 aromatic rings. The van der Waals surface area contributed by atoms with Gasteiger partial charge in [0.2, 0.25) is 0 Å².